The highest BCUT2D eigenvalue weighted by molar-refractivity contribution is 6.08. The van der Waals surface area contributed by atoms with E-state index in [2.05, 4.69) is 9.97 Å². The highest BCUT2D eigenvalue weighted by atomic mass is 19.1. The summed E-state index contributed by atoms with van der Waals surface area (Å²) in [4.78, 5) is 7.91. The fourth-order valence-corrected chi connectivity index (χ4v) is 2.39. The second kappa shape index (κ2) is 3.29. The largest absolute Gasteiger partial charge is 0.353 e. The molecule has 0 spiro atoms. The molecule has 0 saturated carbocycles. The standard InChI is InChI=1S/C15H9FN2/c16-10-5-6-12-9(7-10)8-14-15(18-12)11-3-1-2-4-13(11)17-14/h1-8,17H. The van der Waals surface area contributed by atoms with Gasteiger partial charge in [0.15, 0.2) is 0 Å². The van der Waals surface area contributed by atoms with Crippen LogP contribution in [-0.4, -0.2) is 9.97 Å². The molecule has 0 aliphatic carbocycles. The van der Waals surface area contributed by atoms with Gasteiger partial charge < -0.3 is 4.98 Å². The molecule has 0 atom stereocenters. The van der Waals surface area contributed by atoms with E-state index >= 15 is 0 Å². The summed E-state index contributed by atoms with van der Waals surface area (Å²) in [5, 5.41) is 1.91. The average Bonchev–Trinajstić information content (AvgIpc) is 2.73. The number of H-pyrrole nitrogens is 1. The van der Waals surface area contributed by atoms with E-state index in [1.807, 2.05) is 30.3 Å². The van der Waals surface area contributed by atoms with Gasteiger partial charge in [-0.3, -0.25) is 0 Å². The second-order valence-electron chi connectivity index (χ2n) is 4.39. The van der Waals surface area contributed by atoms with Crippen molar-refractivity contribution in [2.75, 3.05) is 0 Å². The molecule has 4 aromatic rings. The van der Waals surface area contributed by atoms with E-state index in [9.17, 15) is 4.39 Å². The Morgan fingerprint density at radius 3 is 2.78 bits per heavy atom. The first-order chi connectivity index (χ1) is 8.81. The predicted molar refractivity (Wildman–Crippen MR) is 71.1 cm³/mol. The van der Waals surface area contributed by atoms with Gasteiger partial charge in [0.25, 0.3) is 0 Å². The molecule has 2 aromatic heterocycles. The van der Waals surface area contributed by atoms with E-state index in [1.54, 1.807) is 6.07 Å². The van der Waals surface area contributed by atoms with Crippen LogP contribution in [0.1, 0.15) is 0 Å². The zero-order valence-electron chi connectivity index (χ0n) is 9.44. The summed E-state index contributed by atoms with van der Waals surface area (Å²) < 4.78 is 13.2. The SMILES string of the molecule is Fc1ccc2nc3c(cc2c1)[nH]c1ccccc13. The van der Waals surface area contributed by atoms with Gasteiger partial charge in [0.05, 0.1) is 16.6 Å². The fourth-order valence-electron chi connectivity index (χ4n) is 2.39. The maximum absolute atomic E-state index is 13.2. The van der Waals surface area contributed by atoms with Crippen molar-refractivity contribution in [3.05, 3.63) is 54.3 Å². The van der Waals surface area contributed by atoms with Crippen molar-refractivity contribution >= 4 is 32.8 Å². The average molecular weight is 236 g/mol. The summed E-state index contributed by atoms with van der Waals surface area (Å²) in [6.45, 7) is 0. The first-order valence-electron chi connectivity index (χ1n) is 5.78. The molecule has 0 amide bonds. The van der Waals surface area contributed by atoms with Crippen molar-refractivity contribution in [1.29, 1.82) is 0 Å². The quantitative estimate of drug-likeness (QED) is 0.491. The van der Waals surface area contributed by atoms with Crippen LogP contribution in [0.3, 0.4) is 0 Å². The predicted octanol–water partition coefficient (Wildman–Crippen LogP) is 4.01. The van der Waals surface area contributed by atoms with Crippen LogP contribution in [0.25, 0.3) is 32.8 Å². The van der Waals surface area contributed by atoms with Crippen molar-refractivity contribution in [2.45, 2.75) is 0 Å². The van der Waals surface area contributed by atoms with Crippen LogP contribution in [0.4, 0.5) is 4.39 Å². The van der Waals surface area contributed by atoms with Crippen LogP contribution in [0, 0.1) is 5.82 Å². The zero-order valence-corrected chi connectivity index (χ0v) is 9.44. The first-order valence-corrected chi connectivity index (χ1v) is 5.78. The Kier molecular flexibility index (Phi) is 1.75. The number of pyridine rings is 1. The number of aromatic nitrogens is 2. The highest BCUT2D eigenvalue weighted by Crippen LogP contribution is 2.26. The molecule has 18 heavy (non-hydrogen) atoms. The molecule has 0 unspecified atom stereocenters. The zero-order chi connectivity index (χ0) is 12.1. The van der Waals surface area contributed by atoms with Crippen LogP contribution in [0.5, 0.6) is 0 Å². The molecule has 2 nitrogen and oxygen atoms in total. The number of benzene rings is 2. The van der Waals surface area contributed by atoms with Crippen molar-refractivity contribution < 1.29 is 4.39 Å². The lowest BCUT2D eigenvalue weighted by Crippen LogP contribution is -1.81. The van der Waals surface area contributed by atoms with Gasteiger partial charge in [-0.15, -0.1) is 0 Å². The summed E-state index contributed by atoms with van der Waals surface area (Å²) in [6.07, 6.45) is 0. The summed E-state index contributed by atoms with van der Waals surface area (Å²) in [5.41, 5.74) is 3.74. The van der Waals surface area contributed by atoms with Gasteiger partial charge in [0.2, 0.25) is 0 Å². The summed E-state index contributed by atoms with van der Waals surface area (Å²) in [6, 6.07) is 14.6. The van der Waals surface area contributed by atoms with E-state index in [4.69, 9.17) is 0 Å². The first kappa shape index (κ1) is 9.59. The van der Waals surface area contributed by atoms with Gasteiger partial charge in [0.1, 0.15) is 5.82 Å². The van der Waals surface area contributed by atoms with E-state index in [1.165, 1.54) is 12.1 Å². The van der Waals surface area contributed by atoms with E-state index in [0.29, 0.717) is 0 Å². The van der Waals surface area contributed by atoms with Gasteiger partial charge in [-0.2, -0.15) is 0 Å². The topological polar surface area (TPSA) is 28.7 Å². The molecular formula is C15H9FN2. The lowest BCUT2D eigenvalue weighted by Gasteiger charge is -1.98. The highest BCUT2D eigenvalue weighted by Gasteiger charge is 2.07. The third kappa shape index (κ3) is 1.24. The van der Waals surface area contributed by atoms with Gasteiger partial charge in [-0.05, 0) is 30.3 Å². The molecule has 0 bridgehead atoms. The molecule has 3 heteroatoms. The number of aromatic amines is 1. The number of nitrogens with zero attached hydrogens (tertiary/aromatic N) is 1. The molecule has 0 aliphatic rings. The van der Waals surface area contributed by atoms with Crippen LogP contribution >= 0.6 is 0 Å². The minimum Gasteiger partial charge on any atom is -0.353 e. The number of rotatable bonds is 0. The molecule has 2 aromatic carbocycles. The fraction of sp³-hybridized carbons (Fsp3) is 0. The molecule has 86 valence electrons. The summed E-state index contributed by atoms with van der Waals surface area (Å²) in [5.74, 6) is -0.236. The van der Waals surface area contributed by atoms with E-state index < -0.39 is 0 Å². The molecular weight excluding hydrogens is 227 g/mol. The van der Waals surface area contributed by atoms with Crippen molar-refractivity contribution in [3.63, 3.8) is 0 Å². The number of para-hydroxylation sites is 1. The number of halogens is 1. The molecule has 4 rings (SSSR count). The van der Waals surface area contributed by atoms with E-state index in [0.717, 1.165) is 32.8 Å². The van der Waals surface area contributed by atoms with Crippen LogP contribution in [0.15, 0.2) is 48.5 Å². The lowest BCUT2D eigenvalue weighted by molar-refractivity contribution is 0.629. The summed E-state index contributed by atoms with van der Waals surface area (Å²) in [7, 11) is 0. The van der Waals surface area contributed by atoms with Gasteiger partial charge in [0, 0.05) is 16.3 Å². The monoisotopic (exact) mass is 236 g/mol. The number of nitrogens with one attached hydrogen (secondary N) is 1. The lowest BCUT2D eigenvalue weighted by atomic mass is 10.2. The van der Waals surface area contributed by atoms with Crippen molar-refractivity contribution in [3.8, 4) is 0 Å². The van der Waals surface area contributed by atoms with E-state index in [-0.39, 0.29) is 5.82 Å². The maximum atomic E-state index is 13.2. The molecule has 0 saturated heterocycles. The molecule has 0 aliphatic heterocycles. The molecule has 0 radical (unpaired) electrons. The number of hydrogen-bond acceptors (Lipinski definition) is 1. The van der Waals surface area contributed by atoms with Gasteiger partial charge >= 0.3 is 0 Å². The van der Waals surface area contributed by atoms with Crippen LogP contribution in [0.2, 0.25) is 0 Å². The van der Waals surface area contributed by atoms with Crippen LogP contribution < -0.4 is 0 Å². The van der Waals surface area contributed by atoms with Crippen molar-refractivity contribution in [2.24, 2.45) is 0 Å². The molecule has 0 fully saturated rings. The minimum atomic E-state index is -0.236. The van der Waals surface area contributed by atoms with Gasteiger partial charge in [-0.1, -0.05) is 18.2 Å². The maximum Gasteiger partial charge on any atom is 0.123 e. The third-order valence-corrected chi connectivity index (χ3v) is 3.23. The molecule has 1 N–H and O–H groups in total. The third-order valence-electron chi connectivity index (χ3n) is 3.23. The Labute approximate surface area is 102 Å². The van der Waals surface area contributed by atoms with Gasteiger partial charge in [-0.25, -0.2) is 9.37 Å². The smallest absolute Gasteiger partial charge is 0.123 e. The molecule has 2 heterocycles. The second-order valence-corrected chi connectivity index (χ2v) is 4.39. The Morgan fingerprint density at radius 2 is 1.83 bits per heavy atom. The normalized spacial score (nSPS) is 11.6. The Hall–Kier alpha value is -2.42. The number of fused-ring (bicyclic) bond motifs is 4. The van der Waals surface area contributed by atoms with Crippen LogP contribution in [-0.2, 0) is 0 Å². The van der Waals surface area contributed by atoms with Crippen molar-refractivity contribution in [1.82, 2.24) is 9.97 Å². The Bertz CT molecular complexity index is 893. The Balaban J connectivity index is 2.23. The minimum absolute atomic E-state index is 0.236. The Morgan fingerprint density at radius 1 is 0.944 bits per heavy atom. The number of hydrogen-bond donors (Lipinski definition) is 1. The summed E-state index contributed by atoms with van der Waals surface area (Å²) >= 11 is 0.